The van der Waals surface area contributed by atoms with E-state index in [4.69, 9.17) is 0 Å². The van der Waals surface area contributed by atoms with Crippen molar-refractivity contribution in [3.05, 3.63) is 35.4 Å². The first kappa shape index (κ1) is 13.6. The maximum absolute atomic E-state index is 12.8. The van der Waals surface area contributed by atoms with Crippen molar-refractivity contribution in [2.75, 3.05) is 20.1 Å². The number of β-amino-alcohol motifs (C(OH)–C–C–N with tert-alkyl or cyclic N) is 1. The van der Waals surface area contributed by atoms with Crippen LogP contribution in [0.2, 0.25) is 0 Å². The van der Waals surface area contributed by atoms with Gasteiger partial charge in [-0.05, 0) is 30.4 Å². The van der Waals surface area contributed by atoms with Gasteiger partial charge in [-0.3, -0.25) is 4.79 Å². The van der Waals surface area contributed by atoms with Crippen LogP contribution in [0.5, 0.6) is 0 Å². The van der Waals surface area contributed by atoms with Crippen molar-refractivity contribution in [3.63, 3.8) is 0 Å². The molecule has 0 bridgehead atoms. The van der Waals surface area contributed by atoms with Crippen molar-refractivity contribution in [3.8, 4) is 0 Å². The molecular formula is C16H22N2O2. The highest BCUT2D eigenvalue weighted by atomic mass is 16.3. The third kappa shape index (κ3) is 2.34. The third-order valence-corrected chi connectivity index (χ3v) is 4.66. The van der Waals surface area contributed by atoms with Gasteiger partial charge in [0.05, 0.1) is 18.1 Å². The van der Waals surface area contributed by atoms with Gasteiger partial charge in [0.2, 0.25) is 5.91 Å². The van der Waals surface area contributed by atoms with Crippen LogP contribution >= 0.6 is 0 Å². The lowest BCUT2D eigenvalue weighted by Crippen LogP contribution is -2.46. The Kier molecular flexibility index (Phi) is 3.76. The predicted molar refractivity (Wildman–Crippen MR) is 77.6 cm³/mol. The molecule has 2 aliphatic rings. The molecule has 1 saturated heterocycles. The number of aliphatic hydroxyl groups excluding tert-OH is 1. The molecule has 1 aromatic carbocycles. The summed E-state index contributed by atoms with van der Waals surface area (Å²) in [5.41, 5.74) is 2.48. The first-order valence-corrected chi connectivity index (χ1v) is 7.41. The molecule has 1 heterocycles. The van der Waals surface area contributed by atoms with Gasteiger partial charge in [-0.2, -0.15) is 0 Å². The Morgan fingerprint density at radius 2 is 2.15 bits per heavy atom. The first-order valence-electron chi connectivity index (χ1n) is 7.41. The van der Waals surface area contributed by atoms with Gasteiger partial charge in [0, 0.05) is 20.1 Å². The number of aliphatic hydroxyl groups is 1. The highest BCUT2D eigenvalue weighted by Crippen LogP contribution is 2.33. The number of benzene rings is 1. The second-order valence-electron chi connectivity index (χ2n) is 5.89. The number of carbonyl (C=O) groups is 1. The normalized spacial score (nSPS) is 29.0. The largest absolute Gasteiger partial charge is 0.390 e. The van der Waals surface area contributed by atoms with Gasteiger partial charge in [-0.15, -0.1) is 0 Å². The van der Waals surface area contributed by atoms with Gasteiger partial charge in [0.1, 0.15) is 0 Å². The standard InChI is InChI=1S/C16H22N2O2/c1-18(14-9-17-10-15(14)19)16(20)13-8-4-6-11-5-2-3-7-12(11)13/h2-3,5,7,13-15,17,19H,4,6,8-10H2,1H3/t13?,14-,15-/m0/s1. The number of nitrogens with zero attached hydrogens (tertiary/aromatic N) is 1. The molecule has 0 radical (unpaired) electrons. The Bertz CT molecular complexity index is 503. The fourth-order valence-corrected chi connectivity index (χ4v) is 3.47. The summed E-state index contributed by atoms with van der Waals surface area (Å²) in [4.78, 5) is 14.5. The van der Waals surface area contributed by atoms with Gasteiger partial charge in [-0.25, -0.2) is 0 Å². The van der Waals surface area contributed by atoms with Crippen LogP contribution in [0.15, 0.2) is 24.3 Å². The Morgan fingerprint density at radius 1 is 1.35 bits per heavy atom. The minimum Gasteiger partial charge on any atom is -0.390 e. The Labute approximate surface area is 119 Å². The van der Waals surface area contributed by atoms with Crippen LogP contribution in [0.25, 0.3) is 0 Å². The summed E-state index contributed by atoms with van der Waals surface area (Å²) < 4.78 is 0. The van der Waals surface area contributed by atoms with Crippen molar-refractivity contribution < 1.29 is 9.90 Å². The molecule has 1 aliphatic heterocycles. The minimum absolute atomic E-state index is 0.0438. The Hall–Kier alpha value is -1.39. The number of fused-ring (bicyclic) bond motifs is 1. The van der Waals surface area contributed by atoms with Crippen LogP contribution < -0.4 is 5.32 Å². The zero-order valence-electron chi connectivity index (χ0n) is 11.9. The molecule has 108 valence electrons. The number of amides is 1. The predicted octanol–water partition coefficient (Wildman–Crippen LogP) is 0.898. The average Bonchev–Trinajstić information content (AvgIpc) is 2.91. The van der Waals surface area contributed by atoms with E-state index in [2.05, 4.69) is 17.4 Å². The molecule has 3 atom stereocenters. The summed E-state index contributed by atoms with van der Waals surface area (Å²) in [5.74, 6) is 0.0997. The lowest BCUT2D eigenvalue weighted by atomic mass is 9.82. The van der Waals surface area contributed by atoms with E-state index in [1.165, 1.54) is 11.1 Å². The second-order valence-corrected chi connectivity index (χ2v) is 5.89. The van der Waals surface area contributed by atoms with E-state index in [1.807, 2.05) is 19.2 Å². The second kappa shape index (κ2) is 5.54. The Balaban J connectivity index is 1.81. The van der Waals surface area contributed by atoms with E-state index in [-0.39, 0.29) is 17.9 Å². The molecule has 0 saturated carbocycles. The fraction of sp³-hybridized carbons (Fsp3) is 0.562. The van der Waals surface area contributed by atoms with Crippen molar-refractivity contribution in [1.29, 1.82) is 0 Å². The van der Waals surface area contributed by atoms with Crippen LogP contribution in [-0.2, 0) is 11.2 Å². The van der Waals surface area contributed by atoms with Crippen LogP contribution in [-0.4, -0.2) is 48.2 Å². The summed E-state index contributed by atoms with van der Waals surface area (Å²) in [7, 11) is 1.82. The summed E-state index contributed by atoms with van der Waals surface area (Å²) >= 11 is 0. The number of hydrogen-bond acceptors (Lipinski definition) is 3. The van der Waals surface area contributed by atoms with Gasteiger partial charge in [-0.1, -0.05) is 24.3 Å². The van der Waals surface area contributed by atoms with Crippen molar-refractivity contribution >= 4 is 5.91 Å². The zero-order chi connectivity index (χ0) is 14.1. The maximum atomic E-state index is 12.8. The van der Waals surface area contributed by atoms with Crippen LogP contribution in [0, 0.1) is 0 Å². The number of likely N-dealkylation sites (N-methyl/N-ethyl adjacent to an activating group) is 1. The summed E-state index contributed by atoms with van der Waals surface area (Å²) in [6, 6.07) is 8.16. The van der Waals surface area contributed by atoms with Crippen LogP contribution in [0.4, 0.5) is 0 Å². The van der Waals surface area contributed by atoms with E-state index >= 15 is 0 Å². The minimum atomic E-state index is -0.456. The first-order chi connectivity index (χ1) is 9.68. The van der Waals surface area contributed by atoms with E-state index in [9.17, 15) is 9.90 Å². The number of carbonyl (C=O) groups excluding carboxylic acids is 1. The summed E-state index contributed by atoms with van der Waals surface area (Å²) in [5, 5.41) is 13.1. The number of nitrogens with one attached hydrogen (secondary N) is 1. The molecule has 1 fully saturated rings. The third-order valence-electron chi connectivity index (χ3n) is 4.66. The molecule has 0 aromatic heterocycles. The number of aryl methyl sites for hydroxylation is 1. The Morgan fingerprint density at radius 3 is 2.90 bits per heavy atom. The van der Waals surface area contributed by atoms with Crippen molar-refractivity contribution in [2.24, 2.45) is 0 Å². The topological polar surface area (TPSA) is 52.6 Å². The smallest absolute Gasteiger partial charge is 0.230 e. The fourth-order valence-electron chi connectivity index (χ4n) is 3.47. The van der Waals surface area contributed by atoms with Gasteiger partial charge in [0.15, 0.2) is 0 Å². The molecule has 1 amide bonds. The molecule has 3 rings (SSSR count). The number of hydrogen-bond donors (Lipinski definition) is 2. The zero-order valence-corrected chi connectivity index (χ0v) is 11.9. The molecule has 1 unspecified atom stereocenters. The molecule has 1 aliphatic carbocycles. The van der Waals surface area contributed by atoms with Crippen molar-refractivity contribution in [1.82, 2.24) is 10.2 Å². The molecule has 0 spiro atoms. The van der Waals surface area contributed by atoms with Crippen molar-refractivity contribution in [2.45, 2.75) is 37.3 Å². The molecule has 4 nitrogen and oxygen atoms in total. The van der Waals surface area contributed by atoms with Gasteiger partial charge < -0.3 is 15.3 Å². The highest BCUT2D eigenvalue weighted by Gasteiger charge is 2.35. The summed E-state index contributed by atoms with van der Waals surface area (Å²) in [6.07, 6.45) is 2.59. The average molecular weight is 274 g/mol. The van der Waals surface area contributed by atoms with Gasteiger partial charge >= 0.3 is 0 Å². The molecule has 4 heteroatoms. The molecule has 20 heavy (non-hydrogen) atoms. The van der Waals surface area contributed by atoms with Gasteiger partial charge in [0.25, 0.3) is 0 Å². The quantitative estimate of drug-likeness (QED) is 0.842. The molecule has 2 N–H and O–H groups in total. The lowest BCUT2D eigenvalue weighted by Gasteiger charge is -2.32. The monoisotopic (exact) mass is 274 g/mol. The lowest BCUT2D eigenvalue weighted by molar-refractivity contribution is -0.135. The molecule has 1 aromatic rings. The highest BCUT2D eigenvalue weighted by molar-refractivity contribution is 5.84. The SMILES string of the molecule is CN(C(=O)C1CCCc2ccccc21)[C@H]1CNC[C@@H]1O. The van der Waals surface area contributed by atoms with E-state index in [0.29, 0.717) is 13.1 Å². The maximum Gasteiger partial charge on any atom is 0.230 e. The molecular weight excluding hydrogens is 252 g/mol. The van der Waals surface area contributed by atoms with E-state index in [0.717, 1.165) is 19.3 Å². The van der Waals surface area contributed by atoms with Crippen LogP contribution in [0.3, 0.4) is 0 Å². The number of rotatable bonds is 2. The van der Waals surface area contributed by atoms with Crippen LogP contribution in [0.1, 0.15) is 29.9 Å². The van der Waals surface area contributed by atoms with E-state index < -0.39 is 6.10 Å². The van der Waals surface area contributed by atoms with E-state index in [1.54, 1.807) is 4.90 Å². The summed E-state index contributed by atoms with van der Waals surface area (Å²) in [6.45, 7) is 1.25.